The molecule has 1 atom stereocenters. The quantitative estimate of drug-likeness (QED) is 0.640. The standard InChI is InChI=1S/C17H20N6O2S/c1-9(17(2)4-5-17)20-13-11(14(18)24)7-19-23-8-10(6-12(13)23)15-21-22-16(25-15)26-3/h6-9,20H,4-5H2,1-3H3,(H2,18,24)/t9-/m1/s1. The van der Waals surface area contributed by atoms with Gasteiger partial charge in [0.25, 0.3) is 11.1 Å². The number of fused-ring (bicyclic) bond motifs is 1. The van der Waals surface area contributed by atoms with E-state index in [9.17, 15) is 4.79 Å². The first kappa shape index (κ1) is 16.9. The largest absolute Gasteiger partial charge is 0.411 e. The van der Waals surface area contributed by atoms with E-state index in [1.165, 1.54) is 30.8 Å². The summed E-state index contributed by atoms with van der Waals surface area (Å²) in [6.07, 6.45) is 7.49. The molecule has 0 aromatic carbocycles. The van der Waals surface area contributed by atoms with Gasteiger partial charge in [-0.3, -0.25) is 4.79 Å². The number of primary amides is 1. The van der Waals surface area contributed by atoms with E-state index in [0.717, 1.165) is 11.1 Å². The molecule has 1 saturated carbocycles. The Balaban J connectivity index is 1.80. The second-order valence-electron chi connectivity index (χ2n) is 6.95. The lowest BCUT2D eigenvalue weighted by Crippen LogP contribution is -2.27. The molecule has 0 bridgehead atoms. The summed E-state index contributed by atoms with van der Waals surface area (Å²) in [6, 6.07) is 2.08. The molecule has 0 spiro atoms. The van der Waals surface area contributed by atoms with Gasteiger partial charge >= 0.3 is 0 Å². The minimum atomic E-state index is -0.513. The number of rotatable bonds is 6. The van der Waals surface area contributed by atoms with Crippen LogP contribution in [0.1, 0.15) is 37.0 Å². The van der Waals surface area contributed by atoms with Gasteiger partial charge in [0.1, 0.15) is 0 Å². The van der Waals surface area contributed by atoms with Gasteiger partial charge in [-0.25, -0.2) is 4.52 Å². The van der Waals surface area contributed by atoms with Gasteiger partial charge in [-0.2, -0.15) is 5.10 Å². The summed E-state index contributed by atoms with van der Waals surface area (Å²) in [6.45, 7) is 4.36. The smallest absolute Gasteiger partial charge is 0.276 e. The van der Waals surface area contributed by atoms with Crippen molar-refractivity contribution < 1.29 is 9.21 Å². The molecule has 0 radical (unpaired) electrons. The molecule has 1 amide bonds. The third-order valence-corrected chi connectivity index (χ3v) is 5.69. The van der Waals surface area contributed by atoms with Gasteiger partial charge in [0, 0.05) is 12.2 Å². The molecule has 0 unspecified atom stereocenters. The number of hydrogen-bond acceptors (Lipinski definition) is 7. The lowest BCUT2D eigenvalue weighted by Gasteiger charge is -2.23. The van der Waals surface area contributed by atoms with Crippen molar-refractivity contribution in [2.75, 3.05) is 11.6 Å². The van der Waals surface area contributed by atoms with Crippen LogP contribution in [0, 0.1) is 5.41 Å². The predicted molar refractivity (Wildman–Crippen MR) is 99.2 cm³/mol. The number of carbonyl (C=O) groups is 1. The first-order valence-electron chi connectivity index (χ1n) is 8.37. The van der Waals surface area contributed by atoms with Crippen LogP contribution >= 0.6 is 11.8 Å². The van der Waals surface area contributed by atoms with Crippen LogP contribution in [0.3, 0.4) is 0 Å². The number of nitrogens with two attached hydrogens (primary N) is 1. The van der Waals surface area contributed by atoms with Crippen molar-refractivity contribution in [3.63, 3.8) is 0 Å². The van der Waals surface area contributed by atoms with Crippen molar-refractivity contribution in [1.82, 2.24) is 19.8 Å². The highest BCUT2D eigenvalue weighted by Crippen LogP contribution is 2.49. The van der Waals surface area contributed by atoms with E-state index >= 15 is 0 Å². The summed E-state index contributed by atoms with van der Waals surface area (Å²) in [5.74, 6) is -0.102. The summed E-state index contributed by atoms with van der Waals surface area (Å²) < 4.78 is 7.29. The average Bonchev–Trinajstić information content (AvgIpc) is 3.04. The Morgan fingerprint density at radius 3 is 2.85 bits per heavy atom. The van der Waals surface area contributed by atoms with Crippen LogP contribution in [0.2, 0.25) is 0 Å². The highest BCUT2D eigenvalue weighted by atomic mass is 32.2. The lowest BCUT2D eigenvalue weighted by atomic mass is 10.00. The van der Waals surface area contributed by atoms with E-state index < -0.39 is 5.91 Å². The normalized spacial score (nSPS) is 16.6. The number of hydrogen-bond donors (Lipinski definition) is 2. The predicted octanol–water partition coefficient (Wildman–Crippen LogP) is 2.81. The molecule has 26 heavy (non-hydrogen) atoms. The maximum atomic E-state index is 11.9. The fourth-order valence-electron chi connectivity index (χ4n) is 2.94. The molecule has 3 heterocycles. The zero-order valence-corrected chi connectivity index (χ0v) is 15.6. The van der Waals surface area contributed by atoms with Crippen molar-refractivity contribution in [2.24, 2.45) is 11.1 Å². The molecule has 3 N–H and O–H groups in total. The highest BCUT2D eigenvalue weighted by Gasteiger charge is 2.43. The molecule has 4 rings (SSSR count). The first-order chi connectivity index (χ1) is 12.4. The molecule has 3 aromatic heterocycles. The molecule has 136 valence electrons. The molecular weight excluding hydrogens is 352 g/mol. The van der Waals surface area contributed by atoms with Gasteiger partial charge in [-0.15, -0.1) is 10.2 Å². The van der Waals surface area contributed by atoms with Crippen molar-refractivity contribution in [1.29, 1.82) is 0 Å². The van der Waals surface area contributed by atoms with Crippen LogP contribution in [0.4, 0.5) is 5.69 Å². The highest BCUT2D eigenvalue weighted by molar-refractivity contribution is 7.98. The number of nitrogens with zero attached hydrogens (tertiary/aromatic N) is 4. The summed E-state index contributed by atoms with van der Waals surface area (Å²) >= 11 is 1.38. The summed E-state index contributed by atoms with van der Waals surface area (Å²) in [5.41, 5.74) is 8.35. The first-order valence-corrected chi connectivity index (χ1v) is 9.59. The van der Waals surface area contributed by atoms with Gasteiger partial charge in [-0.05, 0) is 37.5 Å². The molecule has 1 aliphatic rings. The van der Waals surface area contributed by atoms with Gasteiger partial charge in [-0.1, -0.05) is 18.7 Å². The maximum absolute atomic E-state index is 11.9. The van der Waals surface area contributed by atoms with Crippen LogP contribution in [0.15, 0.2) is 28.1 Å². The average molecular weight is 372 g/mol. The van der Waals surface area contributed by atoms with E-state index in [1.54, 1.807) is 10.7 Å². The fourth-order valence-corrected chi connectivity index (χ4v) is 3.23. The Morgan fingerprint density at radius 2 is 2.23 bits per heavy atom. The van der Waals surface area contributed by atoms with Gasteiger partial charge in [0.15, 0.2) is 0 Å². The monoisotopic (exact) mass is 372 g/mol. The van der Waals surface area contributed by atoms with Crippen molar-refractivity contribution in [3.05, 3.63) is 24.0 Å². The molecule has 1 aliphatic carbocycles. The number of nitrogens with one attached hydrogen (secondary N) is 1. The summed E-state index contributed by atoms with van der Waals surface area (Å²) in [7, 11) is 0. The number of carbonyl (C=O) groups excluding carboxylic acids is 1. The molecule has 9 heteroatoms. The van der Waals surface area contributed by atoms with Crippen molar-refractivity contribution in [2.45, 2.75) is 38.0 Å². The molecule has 8 nitrogen and oxygen atoms in total. The third kappa shape index (κ3) is 2.82. The van der Waals surface area contributed by atoms with Gasteiger partial charge < -0.3 is 15.5 Å². The molecule has 3 aromatic rings. The second-order valence-corrected chi connectivity index (χ2v) is 7.71. The van der Waals surface area contributed by atoms with Crippen molar-refractivity contribution in [3.8, 4) is 11.5 Å². The minimum Gasteiger partial charge on any atom is -0.411 e. The third-order valence-electron chi connectivity index (χ3n) is 5.18. The van der Waals surface area contributed by atoms with E-state index in [0.29, 0.717) is 22.4 Å². The molecular formula is C17H20N6O2S. The molecule has 0 saturated heterocycles. The number of anilines is 1. The van der Waals surface area contributed by atoms with E-state index in [2.05, 4.69) is 34.5 Å². The van der Waals surface area contributed by atoms with Crippen molar-refractivity contribution >= 4 is 28.9 Å². The minimum absolute atomic E-state index is 0.205. The van der Waals surface area contributed by atoms with Crippen LogP contribution in [0.5, 0.6) is 0 Å². The maximum Gasteiger partial charge on any atom is 0.276 e. The van der Waals surface area contributed by atoms with E-state index in [-0.39, 0.29) is 11.5 Å². The Kier molecular flexibility index (Phi) is 3.91. The summed E-state index contributed by atoms with van der Waals surface area (Å²) in [4.78, 5) is 11.9. The zero-order chi connectivity index (χ0) is 18.5. The zero-order valence-electron chi connectivity index (χ0n) is 14.8. The number of thioether (sulfide) groups is 1. The number of aromatic nitrogens is 4. The fraction of sp³-hybridized carbons (Fsp3) is 0.412. The Hall–Kier alpha value is -2.55. The SMILES string of the molecule is CSc1nnc(-c2cc3c(N[C@H](C)C4(C)CC4)c(C(N)=O)cnn3c2)o1. The Morgan fingerprint density at radius 1 is 1.46 bits per heavy atom. The molecule has 1 fully saturated rings. The van der Waals surface area contributed by atoms with Crippen LogP contribution in [-0.4, -0.2) is 38.0 Å². The van der Waals surface area contributed by atoms with Gasteiger partial charge in [0.2, 0.25) is 5.89 Å². The Labute approximate surface area is 154 Å². The summed E-state index contributed by atoms with van der Waals surface area (Å²) in [5, 5.41) is 16.3. The molecule has 0 aliphatic heterocycles. The second kappa shape index (κ2) is 6.01. The number of amides is 1. The van der Waals surface area contributed by atoms with Gasteiger partial charge in [0.05, 0.1) is 28.5 Å². The van der Waals surface area contributed by atoms with Crippen LogP contribution < -0.4 is 11.1 Å². The van der Waals surface area contributed by atoms with E-state index in [4.69, 9.17) is 10.2 Å². The van der Waals surface area contributed by atoms with E-state index in [1.807, 2.05) is 12.3 Å². The lowest BCUT2D eigenvalue weighted by molar-refractivity contribution is 0.100. The van der Waals surface area contributed by atoms with Crippen LogP contribution in [0.25, 0.3) is 17.0 Å². The van der Waals surface area contributed by atoms with Crippen LogP contribution in [-0.2, 0) is 0 Å². The Bertz CT molecular complexity index is 990. The topological polar surface area (TPSA) is 111 Å².